The van der Waals surface area contributed by atoms with E-state index in [1.165, 1.54) is 59.8 Å². The highest BCUT2D eigenvalue weighted by atomic mass is 14.9. The van der Waals surface area contributed by atoms with Crippen LogP contribution in [0.1, 0.15) is 36.0 Å². The predicted octanol–water partition coefficient (Wildman–Crippen LogP) is 3.48. The molecule has 2 heteroatoms. The molecule has 1 aliphatic rings. The molecule has 1 aromatic carbocycles. The molecular weight excluding hydrogens is 232 g/mol. The first-order valence-corrected chi connectivity index (χ1v) is 7.43. The second-order valence-electron chi connectivity index (χ2n) is 6.09. The van der Waals surface area contributed by atoms with E-state index in [4.69, 9.17) is 0 Å². The molecule has 2 heterocycles. The van der Waals surface area contributed by atoms with Crippen LogP contribution in [0.2, 0.25) is 0 Å². The average Bonchev–Trinajstić information content (AvgIpc) is 2.67. The van der Waals surface area contributed by atoms with Crippen molar-refractivity contribution >= 4 is 10.9 Å². The van der Waals surface area contributed by atoms with Crippen LogP contribution in [-0.2, 0) is 13.5 Å². The molecule has 1 N–H and O–H groups in total. The molecule has 19 heavy (non-hydrogen) atoms. The molecule has 0 amide bonds. The third-order valence-corrected chi connectivity index (χ3v) is 4.39. The minimum absolute atomic E-state index is 0.667. The largest absolute Gasteiger partial charge is 0.350 e. The number of nitrogens with one attached hydrogen (secondary N) is 1. The molecular formula is C17H24N2. The zero-order valence-corrected chi connectivity index (χ0v) is 12.3. The Labute approximate surface area is 115 Å². The molecule has 1 atom stereocenters. The molecule has 0 radical (unpaired) electrons. The topological polar surface area (TPSA) is 17.0 Å². The van der Waals surface area contributed by atoms with Crippen LogP contribution in [-0.4, -0.2) is 17.2 Å². The highest BCUT2D eigenvalue weighted by Gasteiger charge is 2.17. The molecule has 1 saturated heterocycles. The lowest BCUT2D eigenvalue weighted by Crippen LogP contribution is -2.35. The highest BCUT2D eigenvalue weighted by molar-refractivity contribution is 5.88. The van der Waals surface area contributed by atoms with Crippen molar-refractivity contribution in [2.75, 3.05) is 6.54 Å². The summed E-state index contributed by atoms with van der Waals surface area (Å²) in [6.45, 7) is 5.61. The van der Waals surface area contributed by atoms with Gasteiger partial charge in [-0.1, -0.05) is 12.5 Å². The first kappa shape index (κ1) is 12.7. The van der Waals surface area contributed by atoms with Crippen LogP contribution in [0.3, 0.4) is 0 Å². The smallest absolute Gasteiger partial charge is 0.0485 e. The van der Waals surface area contributed by atoms with E-state index < -0.39 is 0 Å². The standard InChI is InChI=1S/C17H24N2/c1-12-8-13(2)17-14(11-19(3)16(17)9-12)10-15-6-4-5-7-18-15/h8-9,11,15,18H,4-7,10H2,1-3H3. The van der Waals surface area contributed by atoms with Crippen molar-refractivity contribution in [1.82, 2.24) is 9.88 Å². The summed E-state index contributed by atoms with van der Waals surface area (Å²) in [6.07, 6.45) is 7.53. The minimum atomic E-state index is 0.667. The normalized spacial score (nSPS) is 20.1. The number of hydrogen-bond donors (Lipinski definition) is 1. The highest BCUT2D eigenvalue weighted by Crippen LogP contribution is 2.27. The second kappa shape index (κ2) is 5.01. The third kappa shape index (κ3) is 2.42. The quantitative estimate of drug-likeness (QED) is 0.870. The Kier molecular flexibility index (Phi) is 3.36. The van der Waals surface area contributed by atoms with Crippen LogP contribution < -0.4 is 5.32 Å². The number of hydrogen-bond acceptors (Lipinski definition) is 1. The maximum atomic E-state index is 3.66. The number of rotatable bonds is 2. The Morgan fingerprint density at radius 3 is 2.84 bits per heavy atom. The number of aryl methyl sites for hydroxylation is 3. The summed E-state index contributed by atoms with van der Waals surface area (Å²) >= 11 is 0. The molecule has 1 fully saturated rings. The van der Waals surface area contributed by atoms with Gasteiger partial charge >= 0.3 is 0 Å². The van der Waals surface area contributed by atoms with Crippen molar-refractivity contribution in [3.8, 4) is 0 Å². The second-order valence-corrected chi connectivity index (χ2v) is 6.09. The predicted molar refractivity (Wildman–Crippen MR) is 81.7 cm³/mol. The van der Waals surface area contributed by atoms with Crippen LogP contribution in [0.25, 0.3) is 10.9 Å². The summed E-state index contributed by atoms with van der Waals surface area (Å²) in [5.74, 6) is 0. The van der Waals surface area contributed by atoms with Crippen molar-refractivity contribution in [3.63, 3.8) is 0 Å². The van der Waals surface area contributed by atoms with Crippen molar-refractivity contribution in [3.05, 3.63) is 35.0 Å². The zero-order chi connectivity index (χ0) is 13.4. The van der Waals surface area contributed by atoms with E-state index in [-0.39, 0.29) is 0 Å². The van der Waals surface area contributed by atoms with Crippen LogP contribution in [0.15, 0.2) is 18.3 Å². The number of fused-ring (bicyclic) bond motifs is 1. The van der Waals surface area contributed by atoms with E-state index >= 15 is 0 Å². The Balaban J connectivity index is 1.99. The number of nitrogens with zero attached hydrogens (tertiary/aromatic N) is 1. The summed E-state index contributed by atoms with van der Waals surface area (Å²) in [5, 5.41) is 5.14. The summed E-state index contributed by atoms with van der Waals surface area (Å²) in [7, 11) is 2.17. The van der Waals surface area contributed by atoms with Gasteiger partial charge < -0.3 is 9.88 Å². The van der Waals surface area contributed by atoms with E-state index in [1.807, 2.05) is 0 Å². The Morgan fingerprint density at radius 1 is 1.26 bits per heavy atom. The fourth-order valence-corrected chi connectivity index (χ4v) is 3.53. The van der Waals surface area contributed by atoms with Crippen LogP contribution in [0, 0.1) is 13.8 Å². The Morgan fingerprint density at radius 2 is 2.11 bits per heavy atom. The van der Waals surface area contributed by atoms with Gasteiger partial charge in [-0.3, -0.25) is 0 Å². The first-order valence-electron chi connectivity index (χ1n) is 7.43. The summed E-state index contributed by atoms with van der Waals surface area (Å²) in [6, 6.07) is 5.28. The van der Waals surface area contributed by atoms with Gasteiger partial charge in [0.15, 0.2) is 0 Å². The Bertz CT molecular complexity index is 589. The van der Waals surface area contributed by atoms with Crippen molar-refractivity contribution in [1.29, 1.82) is 0 Å². The van der Waals surface area contributed by atoms with Gasteiger partial charge in [0.05, 0.1) is 0 Å². The van der Waals surface area contributed by atoms with E-state index in [0.29, 0.717) is 6.04 Å². The van der Waals surface area contributed by atoms with E-state index in [1.54, 1.807) is 0 Å². The lowest BCUT2D eigenvalue weighted by atomic mass is 9.96. The van der Waals surface area contributed by atoms with Gasteiger partial charge in [0.1, 0.15) is 0 Å². The number of aromatic nitrogens is 1. The van der Waals surface area contributed by atoms with Crippen LogP contribution in [0.5, 0.6) is 0 Å². The van der Waals surface area contributed by atoms with Crippen LogP contribution in [0.4, 0.5) is 0 Å². The molecule has 2 aromatic rings. The maximum Gasteiger partial charge on any atom is 0.0485 e. The molecule has 0 spiro atoms. The van der Waals surface area contributed by atoms with Gasteiger partial charge in [-0.05, 0) is 62.4 Å². The van der Waals surface area contributed by atoms with E-state index in [0.717, 1.165) is 0 Å². The van der Waals surface area contributed by atoms with Gasteiger partial charge in [0.2, 0.25) is 0 Å². The Hall–Kier alpha value is -1.28. The van der Waals surface area contributed by atoms with E-state index in [2.05, 4.69) is 49.1 Å². The number of benzene rings is 1. The monoisotopic (exact) mass is 256 g/mol. The van der Waals surface area contributed by atoms with Crippen LogP contribution >= 0.6 is 0 Å². The molecule has 0 bridgehead atoms. The zero-order valence-electron chi connectivity index (χ0n) is 12.3. The summed E-state index contributed by atoms with van der Waals surface area (Å²) < 4.78 is 2.29. The third-order valence-electron chi connectivity index (χ3n) is 4.39. The SMILES string of the molecule is Cc1cc(C)c2c(CC3CCCCN3)cn(C)c2c1. The number of piperidine rings is 1. The molecule has 1 aliphatic heterocycles. The lowest BCUT2D eigenvalue weighted by molar-refractivity contribution is 0.400. The van der Waals surface area contributed by atoms with Crippen molar-refractivity contribution in [2.45, 2.75) is 45.6 Å². The average molecular weight is 256 g/mol. The molecule has 0 aliphatic carbocycles. The first-order chi connectivity index (χ1) is 9.15. The van der Waals surface area contributed by atoms with Gasteiger partial charge in [0.25, 0.3) is 0 Å². The van der Waals surface area contributed by atoms with E-state index in [9.17, 15) is 0 Å². The van der Waals surface area contributed by atoms with Gasteiger partial charge in [-0.2, -0.15) is 0 Å². The molecule has 1 unspecified atom stereocenters. The van der Waals surface area contributed by atoms with Gasteiger partial charge in [-0.25, -0.2) is 0 Å². The molecule has 102 valence electrons. The minimum Gasteiger partial charge on any atom is -0.350 e. The maximum absolute atomic E-state index is 3.66. The summed E-state index contributed by atoms with van der Waals surface area (Å²) in [5.41, 5.74) is 5.66. The molecule has 0 saturated carbocycles. The molecule has 3 rings (SSSR count). The fraction of sp³-hybridized carbons (Fsp3) is 0.529. The lowest BCUT2D eigenvalue weighted by Gasteiger charge is -2.23. The molecule has 2 nitrogen and oxygen atoms in total. The van der Waals surface area contributed by atoms with Gasteiger partial charge in [0, 0.05) is 30.2 Å². The fourth-order valence-electron chi connectivity index (χ4n) is 3.53. The molecule has 1 aromatic heterocycles. The van der Waals surface area contributed by atoms with Crippen molar-refractivity contribution < 1.29 is 0 Å². The van der Waals surface area contributed by atoms with Crippen molar-refractivity contribution in [2.24, 2.45) is 7.05 Å². The van der Waals surface area contributed by atoms with Gasteiger partial charge in [-0.15, -0.1) is 0 Å². The summed E-state index contributed by atoms with van der Waals surface area (Å²) in [4.78, 5) is 0.